The van der Waals surface area contributed by atoms with Gasteiger partial charge in [0.05, 0.1) is 11.9 Å². The average molecular weight is 347 g/mol. The lowest BCUT2D eigenvalue weighted by atomic mass is 10.1. The van der Waals surface area contributed by atoms with E-state index >= 15 is 0 Å². The summed E-state index contributed by atoms with van der Waals surface area (Å²) in [6.07, 6.45) is 3.46. The highest BCUT2D eigenvalue weighted by molar-refractivity contribution is 7.10. The molecule has 1 aliphatic heterocycles. The molecule has 1 N–H and O–H groups in total. The molecule has 3 heterocycles. The van der Waals surface area contributed by atoms with E-state index in [4.69, 9.17) is 0 Å². The number of carbonyl (C=O) groups excluding carboxylic acids is 2. The van der Waals surface area contributed by atoms with Crippen LogP contribution in [0.3, 0.4) is 0 Å². The number of aromatic nitrogens is 2. The minimum absolute atomic E-state index is 0.0873. The number of thiophene rings is 1. The topological polar surface area (TPSA) is 70.5 Å². The zero-order chi connectivity index (χ0) is 17.1. The van der Waals surface area contributed by atoms with Crippen LogP contribution in [0.4, 0.5) is 10.5 Å². The predicted octanol–water partition coefficient (Wildman–Crippen LogP) is 1.64. The Morgan fingerprint density at radius 1 is 1.46 bits per heavy atom. The molecule has 0 aromatic carbocycles. The van der Waals surface area contributed by atoms with Crippen molar-refractivity contribution in [1.82, 2.24) is 20.0 Å². The summed E-state index contributed by atoms with van der Waals surface area (Å²) >= 11 is 1.68. The van der Waals surface area contributed by atoms with Crippen molar-refractivity contribution in [3.63, 3.8) is 0 Å². The summed E-state index contributed by atoms with van der Waals surface area (Å²) in [6.45, 7) is 3.74. The molecule has 0 radical (unpaired) electrons. The van der Waals surface area contributed by atoms with Gasteiger partial charge >= 0.3 is 6.03 Å². The maximum atomic E-state index is 12.3. The number of carbonyl (C=O) groups is 2. The third kappa shape index (κ3) is 3.59. The lowest BCUT2D eigenvalue weighted by Crippen LogP contribution is -2.55. The first-order valence-electron chi connectivity index (χ1n) is 7.90. The van der Waals surface area contributed by atoms with Gasteiger partial charge in [-0.25, -0.2) is 4.79 Å². The van der Waals surface area contributed by atoms with Crippen molar-refractivity contribution in [3.8, 4) is 0 Å². The summed E-state index contributed by atoms with van der Waals surface area (Å²) in [5.74, 6) is 0.178. The van der Waals surface area contributed by atoms with Gasteiger partial charge in [-0.05, 0) is 11.4 Å². The molecular weight excluding hydrogens is 326 g/mol. The van der Waals surface area contributed by atoms with Crippen molar-refractivity contribution in [2.24, 2.45) is 7.05 Å². The summed E-state index contributed by atoms with van der Waals surface area (Å²) in [5, 5.41) is 9.04. The second-order valence-electron chi connectivity index (χ2n) is 5.94. The summed E-state index contributed by atoms with van der Waals surface area (Å²) in [7, 11) is 1.81. The third-order valence-corrected chi connectivity index (χ3v) is 5.20. The zero-order valence-electron chi connectivity index (χ0n) is 13.8. The molecule has 0 spiro atoms. The first-order valence-corrected chi connectivity index (χ1v) is 8.77. The monoisotopic (exact) mass is 347 g/mol. The van der Waals surface area contributed by atoms with E-state index in [-0.39, 0.29) is 24.4 Å². The van der Waals surface area contributed by atoms with Crippen LogP contribution in [0.2, 0.25) is 0 Å². The molecule has 7 nitrogen and oxygen atoms in total. The smallest absolute Gasteiger partial charge is 0.317 e. The second-order valence-corrected chi connectivity index (χ2v) is 6.92. The quantitative estimate of drug-likeness (QED) is 0.914. The zero-order valence-corrected chi connectivity index (χ0v) is 14.6. The Morgan fingerprint density at radius 2 is 2.29 bits per heavy atom. The molecule has 1 atom stereocenters. The van der Waals surface area contributed by atoms with Gasteiger partial charge in [-0.2, -0.15) is 5.10 Å². The Kier molecular flexibility index (Phi) is 4.84. The van der Waals surface area contributed by atoms with Gasteiger partial charge in [0.2, 0.25) is 5.91 Å². The molecule has 1 saturated heterocycles. The number of hydrogen-bond acceptors (Lipinski definition) is 4. The first kappa shape index (κ1) is 16.5. The van der Waals surface area contributed by atoms with Crippen molar-refractivity contribution < 1.29 is 9.59 Å². The minimum Gasteiger partial charge on any atom is -0.337 e. The van der Waals surface area contributed by atoms with Gasteiger partial charge in [-0.3, -0.25) is 9.48 Å². The van der Waals surface area contributed by atoms with Crippen LogP contribution in [-0.4, -0.2) is 52.8 Å². The van der Waals surface area contributed by atoms with Crippen LogP contribution >= 0.6 is 11.3 Å². The van der Waals surface area contributed by atoms with Crippen LogP contribution in [0.1, 0.15) is 17.7 Å². The van der Waals surface area contributed by atoms with Crippen LogP contribution < -0.4 is 10.2 Å². The maximum Gasteiger partial charge on any atom is 0.317 e. The molecular formula is C16H21N5O2S. The molecule has 1 unspecified atom stereocenters. The highest BCUT2D eigenvalue weighted by atomic mass is 32.1. The molecule has 2 aromatic rings. The molecule has 0 saturated carbocycles. The van der Waals surface area contributed by atoms with Gasteiger partial charge in [0, 0.05) is 43.7 Å². The number of nitrogens with one attached hydrogen (secondary N) is 1. The highest BCUT2D eigenvalue weighted by Gasteiger charge is 2.28. The van der Waals surface area contributed by atoms with Crippen molar-refractivity contribution >= 4 is 29.0 Å². The third-order valence-electron chi connectivity index (χ3n) is 4.10. The van der Waals surface area contributed by atoms with Crippen LogP contribution in [0.25, 0.3) is 0 Å². The summed E-state index contributed by atoms with van der Waals surface area (Å²) in [4.78, 5) is 29.1. The maximum absolute atomic E-state index is 12.3. The molecule has 2 aromatic heterocycles. The van der Waals surface area contributed by atoms with E-state index in [1.807, 2.05) is 18.5 Å². The number of nitrogens with zero attached hydrogens (tertiary/aromatic N) is 4. The van der Waals surface area contributed by atoms with Crippen molar-refractivity contribution in [2.75, 3.05) is 31.1 Å². The number of piperazine rings is 1. The van der Waals surface area contributed by atoms with Crippen LogP contribution in [0.15, 0.2) is 29.9 Å². The van der Waals surface area contributed by atoms with E-state index in [2.05, 4.69) is 23.4 Å². The molecule has 3 rings (SSSR count). The Bertz CT molecular complexity index is 712. The van der Waals surface area contributed by atoms with Gasteiger partial charge in [0.25, 0.3) is 0 Å². The Morgan fingerprint density at radius 3 is 2.92 bits per heavy atom. The van der Waals surface area contributed by atoms with E-state index < -0.39 is 0 Å². The number of rotatable bonds is 4. The second kappa shape index (κ2) is 7.04. The van der Waals surface area contributed by atoms with Crippen LogP contribution in [-0.2, 0) is 11.8 Å². The lowest BCUT2D eigenvalue weighted by molar-refractivity contribution is -0.120. The predicted molar refractivity (Wildman–Crippen MR) is 93.3 cm³/mol. The fourth-order valence-electron chi connectivity index (χ4n) is 2.69. The SMILES string of the molecule is CC(CNC(=O)N1CCN(c2cnn(C)c2)C(=O)C1)c1cccs1. The number of amides is 3. The molecule has 0 aliphatic carbocycles. The summed E-state index contributed by atoms with van der Waals surface area (Å²) < 4.78 is 1.66. The van der Waals surface area contributed by atoms with E-state index in [0.717, 1.165) is 5.69 Å². The standard InChI is InChI=1S/C16H21N5O2S/c1-12(14-4-3-7-24-14)8-17-16(23)20-5-6-21(15(22)11-20)13-9-18-19(2)10-13/h3-4,7,9-10,12H,5-6,8,11H2,1-2H3,(H,17,23). The molecule has 1 aliphatic rings. The van der Waals surface area contributed by atoms with Crippen molar-refractivity contribution in [2.45, 2.75) is 12.8 Å². The van der Waals surface area contributed by atoms with Crippen LogP contribution in [0, 0.1) is 0 Å². The van der Waals surface area contributed by atoms with Gasteiger partial charge in [0.15, 0.2) is 0 Å². The van der Waals surface area contributed by atoms with E-state index in [1.165, 1.54) is 4.88 Å². The minimum atomic E-state index is -0.183. The molecule has 128 valence electrons. The summed E-state index contributed by atoms with van der Waals surface area (Å²) in [5.41, 5.74) is 0.772. The average Bonchev–Trinajstić information content (AvgIpc) is 3.23. The van der Waals surface area contributed by atoms with Crippen molar-refractivity contribution in [3.05, 3.63) is 34.8 Å². The molecule has 8 heteroatoms. The molecule has 0 bridgehead atoms. The Hall–Kier alpha value is -2.35. The first-order chi connectivity index (χ1) is 11.5. The van der Waals surface area contributed by atoms with Crippen molar-refractivity contribution in [1.29, 1.82) is 0 Å². The summed E-state index contributed by atoms with van der Waals surface area (Å²) in [6, 6.07) is 3.89. The fraction of sp³-hybridized carbons (Fsp3) is 0.438. The van der Waals surface area contributed by atoms with Gasteiger partial charge in [-0.1, -0.05) is 13.0 Å². The van der Waals surface area contributed by atoms with Gasteiger partial charge in [0.1, 0.15) is 6.54 Å². The normalized spacial score (nSPS) is 16.3. The van der Waals surface area contributed by atoms with Gasteiger partial charge in [-0.15, -0.1) is 11.3 Å². The molecule has 24 heavy (non-hydrogen) atoms. The van der Waals surface area contributed by atoms with Gasteiger partial charge < -0.3 is 15.1 Å². The molecule has 3 amide bonds. The van der Waals surface area contributed by atoms with Crippen LogP contribution in [0.5, 0.6) is 0 Å². The number of anilines is 1. The lowest BCUT2D eigenvalue weighted by Gasteiger charge is -2.33. The number of urea groups is 1. The highest BCUT2D eigenvalue weighted by Crippen LogP contribution is 2.20. The largest absolute Gasteiger partial charge is 0.337 e. The Balaban J connectivity index is 1.51. The van der Waals surface area contributed by atoms with E-state index in [9.17, 15) is 9.59 Å². The molecule has 1 fully saturated rings. The number of hydrogen-bond donors (Lipinski definition) is 1. The van der Waals surface area contributed by atoms with E-state index in [0.29, 0.717) is 19.6 Å². The Labute approximate surface area is 144 Å². The fourth-order valence-corrected chi connectivity index (χ4v) is 3.48. The van der Waals surface area contributed by atoms with E-state index in [1.54, 1.807) is 38.2 Å². The number of aryl methyl sites for hydroxylation is 1.